The zero-order valence-electron chi connectivity index (χ0n) is 13.8. The van der Waals surface area contributed by atoms with Gasteiger partial charge in [0, 0.05) is 17.4 Å². The molecule has 2 rings (SSSR count). The van der Waals surface area contributed by atoms with Gasteiger partial charge in [0.15, 0.2) is 0 Å². The van der Waals surface area contributed by atoms with Gasteiger partial charge in [0.2, 0.25) is 0 Å². The molecule has 4 N–H and O–H groups in total. The van der Waals surface area contributed by atoms with Crippen molar-refractivity contribution in [2.24, 2.45) is 0 Å². The molecule has 0 atom stereocenters. The summed E-state index contributed by atoms with van der Waals surface area (Å²) in [7, 11) is 0. The number of alkyl halides is 9. The molecular weight excluding hydrogens is 425 g/mol. The van der Waals surface area contributed by atoms with Crippen LogP contribution in [0.25, 0.3) is 0 Å². The summed E-state index contributed by atoms with van der Waals surface area (Å²) in [6, 6.07) is 3.25. The van der Waals surface area contributed by atoms with E-state index in [1.165, 1.54) is 0 Å². The SMILES string of the molecule is Nc1cc(C(F)(F)F)cc(C(F)(F)F)c1.Nc1ccc([N+](=O)[O-])c(C(F)(F)F)c1. The quantitative estimate of drug-likeness (QED) is 0.268. The summed E-state index contributed by atoms with van der Waals surface area (Å²) in [6.07, 6.45) is -14.4. The largest absolute Gasteiger partial charge is 0.423 e. The molecule has 0 aliphatic carbocycles. The van der Waals surface area contributed by atoms with E-state index < -0.39 is 51.5 Å². The van der Waals surface area contributed by atoms with E-state index in [0.717, 1.165) is 12.1 Å². The Morgan fingerprint density at radius 2 is 1.14 bits per heavy atom. The van der Waals surface area contributed by atoms with Crippen molar-refractivity contribution in [1.29, 1.82) is 0 Å². The fraction of sp³-hybridized carbons (Fsp3) is 0.200. The van der Waals surface area contributed by atoms with Crippen LogP contribution in [0.15, 0.2) is 36.4 Å². The Balaban J connectivity index is 0.000000291. The molecule has 0 saturated carbocycles. The van der Waals surface area contributed by atoms with Crippen molar-refractivity contribution in [3.05, 3.63) is 63.2 Å². The number of hydrogen-bond acceptors (Lipinski definition) is 4. The Morgan fingerprint density at radius 1 is 0.690 bits per heavy atom. The fourth-order valence-electron chi connectivity index (χ4n) is 1.92. The van der Waals surface area contributed by atoms with Crippen molar-refractivity contribution in [3.8, 4) is 0 Å². The molecule has 0 fully saturated rings. The van der Waals surface area contributed by atoms with Crippen LogP contribution in [-0.2, 0) is 18.5 Å². The minimum atomic E-state index is -4.84. The van der Waals surface area contributed by atoms with E-state index in [9.17, 15) is 49.6 Å². The molecule has 14 heteroatoms. The van der Waals surface area contributed by atoms with Crippen LogP contribution in [0.3, 0.4) is 0 Å². The standard InChI is InChI=1S/C8H5F6N.C7H5F3N2O2/c9-7(10,11)4-1-5(8(12,13)14)3-6(15)2-4;8-7(9,10)5-3-4(11)1-2-6(5)12(13)14/h1-3H,15H2;1-3H,11H2. The third-order valence-corrected chi connectivity index (χ3v) is 3.13. The number of anilines is 2. The monoisotopic (exact) mass is 435 g/mol. The summed E-state index contributed by atoms with van der Waals surface area (Å²) in [4.78, 5) is 9.15. The third-order valence-electron chi connectivity index (χ3n) is 3.13. The number of nitro benzene ring substituents is 1. The Labute approximate surface area is 155 Å². The molecular formula is C15H10F9N3O2. The second-order valence-electron chi connectivity index (χ2n) is 5.37. The zero-order chi connectivity index (χ0) is 22.8. The predicted molar refractivity (Wildman–Crippen MR) is 83.4 cm³/mol. The zero-order valence-corrected chi connectivity index (χ0v) is 13.8. The van der Waals surface area contributed by atoms with Crippen LogP contribution in [0, 0.1) is 10.1 Å². The average Bonchev–Trinajstić information content (AvgIpc) is 2.52. The second kappa shape index (κ2) is 8.05. The summed E-state index contributed by atoms with van der Waals surface area (Å²) in [5.74, 6) is 0. The van der Waals surface area contributed by atoms with Gasteiger partial charge in [-0.05, 0) is 30.3 Å². The Hall–Kier alpha value is -3.19. The highest BCUT2D eigenvalue weighted by Crippen LogP contribution is 2.37. The van der Waals surface area contributed by atoms with Crippen LogP contribution in [-0.4, -0.2) is 4.92 Å². The average molecular weight is 435 g/mol. The molecule has 0 radical (unpaired) electrons. The van der Waals surface area contributed by atoms with Gasteiger partial charge in [-0.1, -0.05) is 0 Å². The van der Waals surface area contributed by atoms with Gasteiger partial charge < -0.3 is 11.5 Å². The summed E-state index contributed by atoms with van der Waals surface area (Å²) >= 11 is 0. The van der Waals surface area contributed by atoms with Crippen LogP contribution in [0.5, 0.6) is 0 Å². The van der Waals surface area contributed by atoms with Crippen molar-refractivity contribution >= 4 is 17.1 Å². The lowest BCUT2D eigenvalue weighted by atomic mass is 10.1. The van der Waals surface area contributed by atoms with E-state index >= 15 is 0 Å². The summed E-state index contributed by atoms with van der Waals surface area (Å²) in [6.45, 7) is 0. The number of hydrogen-bond donors (Lipinski definition) is 2. The minimum Gasteiger partial charge on any atom is -0.399 e. The lowest BCUT2D eigenvalue weighted by Crippen LogP contribution is -2.11. The maximum absolute atomic E-state index is 12.2. The molecule has 0 aliphatic heterocycles. The second-order valence-corrected chi connectivity index (χ2v) is 5.37. The summed E-state index contributed by atoms with van der Waals surface area (Å²) < 4.78 is 109. The molecule has 5 nitrogen and oxygen atoms in total. The Kier molecular flexibility index (Phi) is 6.62. The highest BCUT2D eigenvalue weighted by Gasteiger charge is 2.38. The van der Waals surface area contributed by atoms with Crippen LogP contribution >= 0.6 is 0 Å². The van der Waals surface area contributed by atoms with E-state index in [1.807, 2.05) is 0 Å². The third kappa shape index (κ3) is 6.73. The molecule has 0 unspecified atom stereocenters. The predicted octanol–water partition coefficient (Wildman–Crippen LogP) is 5.50. The van der Waals surface area contributed by atoms with Gasteiger partial charge in [-0.2, -0.15) is 39.5 Å². The number of nitrogen functional groups attached to an aromatic ring is 2. The first kappa shape index (κ1) is 23.8. The lowest BCUT2D eigenvalue weighted by Gasteiger charge is -2.12. The van der Waals surface area contributed by atoms with E-state index in [4.69, 9.17) is 11.5 Å². The Bertz CT molecular complexity index is 858. The highest BCUT2D eigenvalue weighted by molar-refractivity contribution is 5.52. The smallest absolute Gasteiger partial charge is 0.399 e. The number of benzene rings is 2. The molecule has 0 aromatic heterocycles. The number of halogens is 9. The van der Waals surface area contributed by atoms with Gasteiger partial charge >= 0.3 is 18.5 Å². The van der Waals surface area contributed by atoms with Crippen molar-refractivity contribution < 1.29 is 44.4 Å². The lowest BCUT2D eigenvalue weighted by molar-refractivity contribution is -0.388. The number of nitro groups is 1. The first-order valence-corrected chi connectivity index (χ1v) is 7.09. The molecule has 0 bridgehead atoms. The van der Waals surface area contributed by atoms with Crippen molar-refractivity contribution in [2.45, 2.75) is 18.5 Å². The van der Waals surface area contributed by atoms with Gasteiger partial charge in [0.05, 0.1) is 16.1 Å². The Morgan fingerprint density at radius 3 is 1.48 bits per heavy atom. The van der Waals surface area contributed by atoms with E-state index in [1.54, 1.807) is 0 Å². The van der Waals surface area contributed by atoms with Crippen molar-refractivity contribution in [3.63, 3.8) is 0 Å². The van der Waals surface area contributed by atoms with Gasteiger partial charge in [0.25, 0.3) is 5.69 Å². The van der Waals surface area contributed by atoms with Crippen molar-refractivity contribution in [2.75, 3.05) is 11.5 Å². The summed E-state index contributed by atoms with van der Waals surface area (Å²) in [5, 5.41) is 10.2. The van der Waals surface area contributed by atoms with Crippen LogP contribution in [0.1, 0.15) is 16.7 Å². The molecule has 0 spiro atoms. The molecule has 0 saturated heterocycles. The number of nitrogens with zero attached hydrogens (tertiary/aromatic N) is 1. The molecule has 0 heterocycles. The van der Waals surface area contributed by atoms with Crippen LogP contribution in [0.2, 0.25) is 0 Å². The van der Waals surface area contributed by atoms with Gasteiger partial charge in [-0.3, -0.25) is 10.1 Å². The maximum atomic E-state index is 12.2. The van der Waals surface area contributed by atoms with E-state index in [2.05, 4.69) is 0 Å². The number of rotatable bonds is 1. The van der Waals surface area contributed by atoms with E-state index in [-0.39, 0.29) is 11.8 Å². The molecule has 2 aromatic rings. The molecule has 160 valence electrons. The van der Waals surface area contributed by atoms with Gasteiger partial charge in [-0.15, -0.1) is 0 Å². The molecule has 0 amide bonds. The molecule has 29 heavy (non-hydrogen) atoms. The van der Waals surface area contributed by atoms with Gasteiger partial charge in [-0.25, -0.2) is 0 Å². The van der Waals surface area contributed by atoms with Crippen LogP contribution in [0.4, 0.5) is 56.6 Å². The topological polar surface area (TPSA) is 95.2 Å². The maximum Gasteiger partial charge on any atom is 0.423 e. The first-order valence-electron chi connectivity index (χ1n) is 7.09. The molecule has 0 aliphatic rings. The first-order chi connectivity index (χ1) is 12.9. The summed E-state index contributed by atoms with van der Waals surface area (Å²) in [5.41, 5.74) is 4.18. The molecule has 2 aromatic carbocycles. The normalized spacial score (nSPS) is 12.2. The van der Waals surface area contributed by atoms with Crippen LogP contribution < -0.4 is 11.5 Å². The fourth-order valence-corrected chi connectivity index (χ4v) is 1.92. The van der Waals surface area contributed by atoms with Gasteiger partial charge in [0.1, 0.15) is 5.56 Å². The minimum absolute atomic E-state index is 0.0242. The van der Waals surface area contributed by atoms with E-state index in [0.29, 0.717) is 18.2 Å². The number of nitrogens with two attached hydrogens (primary N) is 2. The highest BCUT2D eigenvalue weighted by atomic mass is 19.4. The van der Waals surface area contributed by atoms with Crippen molar-refractivity contribution in [1.82, 2.24) is 0 Å².